The van der Waals surface area contributed by atoms with Crippen molar-refractivity contribution >= 4 is 39.2 Å². The number of nitrogens with zero attached hydrogens (tertiary/aromatic N) is 5. The van der Waals surface area contributed by atoms with Crippen LogP contribution in [0.15, 0.2) is 41.5 Å². The number of aromatic nitrogens is 3. The van der Waals surface area contributed by atoms with Gasteiger partial charge in [-0.25, -0.2) is 9.97 Å². The second-order valence-corrected chi connectivity index (χ2v) is 8.18. The van der Waals surface area contributed by atoms with Crippen LogP contribution in [0, 0.1) is 0 Å². The monoisotopic (exact) mass is 412 g/mol. The van der Waals surface area contributed by atoms with E-state index in [1.54, 1.807) is 24.5 Å². The van der Waals surface area contributed by atoms with Crippen molar-refractivity contribution in [1.29, 1.82) is 0 Å². The maximum absolute atomic E-state index is 12.6. The lowest BCUT2D eigenvalue weighted by Gasteiger charge is -2.34. The molecule has 29 heavy (non-hydrogen) atoms. The number of anilines is 2. The van der Waals surface area contributed by atoms with Crippen LogP contribution in [0.25, 0.3) is 10.1 Å². The van der Waals surface area contributed by atoms with Crippen LogP contribution in [0.4, 0.5) is 11.6 Å². The molecule has 0 atom stereocenters. The summed E-state index contributed by atoms with van der Waals surface area (Å²) in [6, 6.07) is 7.26. The summed E-state index contributed by atoms with van der Waals surface area (Å²) in [6.45, 7) is 6.92. The number of carbonyl (C=O) groups excluding carboxylic acids is 1. The molecule has 0 spiro atoms. The fourth-order valence-electron chi connectivity index (χ4n) is 3.56. The largest absolute Gasteiger partial charge is 0.338 e. The Morgan fingerprint density at radius 2 is 1.90 bits per heavy atom. The first-order valence-electron chi connectivity index (χ1n) is 9.76. The van der Waals surface area contributed by atoms with E-state index in [1.807, 2.05) is 16.1 Å². The number of benzene rings is 1. The molecule has 0 radical (unpaired) electrons. The van der Waals surface area contributed by atoms with Crippen LogP contribution >= 0.6 is 11.5 Å². The number of aryl methyl sites for hydroxylation is 1. The zero-order valence-corrected chi connectivity index (χ0v) is 17.2. The Morgan fingerprint density at radius 1 is 1.14 bits per heavy atom. The fraction of sp³-hybridized carbons (Fsp3) is 0.400. The van der Waals surface area contributed by atoms with Crippen molar-refractivity contribution in [3.05, 3.63) is 47.0 Å². The number of carbonyl (C=O) groups is 1. The molecular formula is C20H24N6O2S. The Kier molecular flexibility index (Phi) is 5.86. The number of rotatable bonds is 6. The molecular weight excluding hydrogens is 388 g/mol. The molecule has 1 aliphatic heterocycles. The smallest absolute Gasteiger partial charge is 0.268 e. The predicted octanol–water partition coefficient (Wildman–Crippen LogP) is 2.02. The van der Waals surface area contributed by atoms with Crippen molar-refractivity contribution < 1.29 is 4.79 Å². The van der Waals surface area contributed by atoms with Gasteiger partial charge in [-0.1, -0.05) is 11.5 Å². The van der Waals surface area contributed by atoms with Crippen LogP contribution in [0.2, 0.25) is 0 Å². The predicted molar refractivity (Wildman–Crippen MR) is 116 cm³/mol. The normalized spacial score (nSPS) is 15.0. The van der Waals surface area contributed by atoms with Gasteiger partial charge >= 0.3 is 0 Å². The number of piperazine rings is 1. The Labute approximate surface area is 172 Å². The number of fused-ring (bicyclic) bond motifs is 1. The SMILES string of the molecule is CC(=O)Nc1ccc2c(=O)n(CCCN3CCN(c4ncccn4)CC3)sc2c1. The van der Waals surface area contributed by atoms with Gasteiger partial charge in [-0.3, -0.25) is 18.4 Å². The van der Waals surface area contributed by atoms with Crippen molar-refractivity contribution in [2.75, 3.05) is 42.9 Å². The first kappa shape index (κ1) is 19.5. The number of amides is 1. The molecule has 0 saturated carbocycles. The van der Waals surface area contributed by atoms with E-state index in [9.17, 15) is 9.59 Å². The summed E-state index contributed by atoms with van der Waals surface area (Å²) in [5.41, 5.74) is 0.768. The van der Waals surface area contributed by atoms with Gasteiger partial charge in [0.2, 0.25) is 11.9 Å². The van der Waals surface area contributed by atoms with Crippen LogP contribution in [0.5, 0.6) is 0 Å². The van der Waals surface area contributed by atoms with E-state index >= 15 is 0 Å². The van der Waals surface area contributed by atoms with Crippen LogP contribution in [-0.4, -0.2) is 57.5 Å². The van der Waals surface area contributed by atoms with Gasteiger partial charge < -0.3 is 10.2 Å². The molecule has 1 amide bonds. The van der Waals surface area contributed by atoms with Gasteiger partial charge in [-0.15, -0.1) is 0 Å². The molecule has 152 valence electrons. The summed E-state index contributed by atoms with van der Waals surface area (Å²) in [5.74, 6) is 0.678. The van der Waals surface area contributed by atoms with E-state index in [0.717, 1.165) is 55.5 Å². The topological polar surface area (TPSA) is 83.4 Å². The molecule has 0 bridgehead atoms. The van der Waals surface area contributed by atoms with Gasteiger partial charge in [0.05, 0.1) is 10.1 Å². The van der Waals surface area contributed by atoms with E-state index in [4.69, 9.17) is 0 Å². The van der Waals surface area contributed by atoms with Gasteiger partial charge in [0.25, 0.3) is 5.56 Å². The van der Waals surface area contributed by atoms with Gasteiger partial charge in [-0.05, 0) is 30.7 Å². The second kappa shape index (κ2) is 8.71. The minimum atomic E-state index is -0.116. The fourth-order valence-corrected chi connectivity index (χ4v) is 4.63. The van der Waals surface area contributed by atoms with Crippen molar-refractivity contribution in [1.82, 2.24) is 18.8 Å². The van der Waals surface area contributed by atoms with Crippen molar-refractivity contribution in [3.8, 4) is 0 Å². The summed E-state index contributed by atoms with van der Waals surface area (Å²) >= 11 is 1.46. The molecule has 2 aromatic heterocycles. The summed E-state index contributed by atoms with van der Waals surface area (Å²) in [4.78, 5) is 37.1. The molecule has 0 aliphatic carbocycles. The van der Waals surface area contributed by atoms with Crippen LogP contribution in [-0.2, 0) is 11.3 Å². The average Bonchev–Trinajstić information content (AvgIpc) is 3.04. The molecule has 3 aromatic rings. The Hall–Kier alpha value is -2.78. The Bertz CT molecular complexity index is 1040. The highest BCUT2D eigenvalue weighted by atomic mass is 32.1. The number of hydrogen-bond acceptors (Lipinski definition) is 7. The molecule has 4 rings (SSSR count). The molecule has 3 heterocycles. The molecule has 1 aliphatic rings. The molecule has 8 nitrogen and oxygen atoms in total. The van der Waals surface area contributed by atoms with E-state index in [2.05, 4.69) is 25.1 Å². The van der Waals surface area contributed by atoms with Crippen molar-refractivity contribution in [3.63, 3.8) is 0 Å². The van der Waals surface area contributed by atoms with Crippen LogP contribution in [0.3, 0.4) is 0 Å². The standard InChI is InChI=1S/C20H24N6O2S/c1-15(27)23-16-4-5-17-18(14-16)29-26(19(17)28)9-3-8-24-10-12-25(13-11-24)20-21-6-2-7-22-20/h2,4-7,14H,3,8-13H2,1H3,(H,23,27). The van der Waals surface area contributed by atoms with Crippen molar-refractivity contribution in [2.24, 2.45) is 0 Å². The maximum Gasteiger partial charge on any atom is 0.268 e. The zero-order valence-electron chi connectivity index (χ0n) is 16.4. The molecule has 1 fully saturated rings. The summed E-state index contributed by atoms with van der Waals surface area (Å²) in [7, 11) is 0. The van der Waals surface area contributed by atoms with Gasteiger partial charge in [0.1, 0.15) is 0 Å². The van der Waals surface area contributed by atoms with E-state index in [1.165, 1.54) is 18.5 Å². The minimum Gasteiger partial charge on any atom is -0.338 e. The van der Waals surface area contributed by atoms with E-state index in [-0.39, 0.29) is 11.5 Å². The van der Waals surface area contributed by atoms with Crippen LogP contribution in [0.1, 0.15) is 13.3 Å². The highest BCUT2D eigenvalue weighted by Gasteiger charge is 2.18. The third kappa shape index (κ3) is 4.63. The van der Waals surface area contributed by atoms with E-state index < -0.39 is 0 Å². The third-order valence-corrected chi connectivity index (χ3v) is 6.11. The van der Waals surface area contributed by atoms with Gasteiger partial charge in [0, 0.05) is 64.3 Å². The lowest BCUT2D eigenvalue weighted by atomic mass is 10.2. The Balaban J connectivity index is 1.30. The lowest BCUT2D eigenvalue weighted by molar-refractivity contribution is -0.114. The zero-order chi connectivity index (χ0) is 20.2. The summed E-state index contributed by atoms with van der Waals surface area (Å²) in [5, 5.41) is 3.47. The Morgan fingerprint density at radius 3 is 2.62 bits per heavy atom. The average molecular weight is 413 g/mol. The molecule has 1 saturated heterocycles. The van der Waals surface area contributed by atoms with Crippen LogP contribution < -0.4 is 15.8 Å². The summed E-state index contributed by atoms with van der Waals surface area (Å²) in [6.07, 6.45) is 4.47. The molecule has 9 heteroatoms. The minimum absolute atomic E-state index is 0.0467. The van der Waals surface area contributed by atoms with Gasteiger partial charge in [-0.2, -0.15) is 0 Å². The highest BCUT2D eigenvalue weighted by molar-refractivity contribution is 7.13. The van der Waals surface area contributed by atoms with Gasteiger partial charge in [0.15, 0.2) is 0 Å². The maximum atomic E-state index is 12.6. The lowest BCUT2D eigenvalue weighted by Crippen LogP contribution is -2.47. The number of hydrogen-bond donors (Lipinski definition) is 1. The molecule has 0 unspecified atom stereocenters. The summed E-state index contributed by atoms with van der Waals surface area (Å²) < 4.78 is 2.72. The van der Waals surface area contributed by atoms with E-state index in [0.29, 0.717) is 11.9 Å². The third-order valence-electron chi connectivity index (χ3n) is 5.01. The quantitative estimate of drug-likeness (QED) is 0.667. The highest BCUT2D eigenvalue weighted by Crippen LogP contribution is 2.21. The molecule has 1 aromatic carbocycles. The van der Waals surface area contributed by atoms with Crippen molar-refractivity contribution in [2.45, 2.75) is 19.9 Å². The first-order chi connectivity index (χ1) is 14.1. The first-order valence-corrected chi connectivity index (χ1v) is 10.5. The second-order valence-electron chi connectivity index (χ2n) is 7.12. The number of nitrogens with one attached hydrogen (secondary N) is 1. The molecule has 1 N–H and O–H groups in total.